The second kappa shape index (κ2) is 4.54. The molecule has 2 rings (SSSR count). The van der Waals surface area contributed by atoms with Gasteiger partial charge in [-0.05, 0) is 32.2 Å². The molecule has 0 radical (unpaired) electrons. The SMILES string of the molecule is CCc1nc2n(c1Cl)CCCC2CCN. The van der Waals surface area contributed by atoms with E-state index in [-0.39, 0.29) is 0 Å². The van der Waals surface area contributed by atoms with E-state index in [4.69, 9.17) is 17.3 Å². The van der Waals surface area contributed by atoms with Crippen molar-refractivity contribution in [2.75, 3.05) is 6.54 Å². The second-order valence-corrected chi connectivity index (χ2v) is 4.49. The average Bonchev–Trinajstić information content (AvgIpc) is 2.58. The van der Waals surface area contributed by atoms with E-state index in [9.17, 15) is 0 Å². The maximum absolute atomic E-state index is 6.28. The fraction of sp³-hybridized carbons (Fsp3) is 0.727. The predicted molar refractivity (Wildman–Crippen MR) is 62.3 cm³/mol. The number of hydrogen-bond acceptors (Lipinski definition) is 2. The van der Waals surface area contributed by atoms with E-state index in [0.717, 1.165) is 42.6 Å². The van der Waals surface area contributed by atoms with E-state index in [2.05, 4.69) is 16.5 Å². The number of nitrogens with zero attached hydrogens (tertiary/aromatic N) is 2. The summed E-state index contributed by atoms with van der Waals surface area (Å²) in [6.45, 7) is 3.84. The van der Waals surface area contributed by atoms with Gasteiger partial charge in [-0.25, -0.2) is 4.98 Å². The summed E-state index contributed by atoms with van der Waals surface area (Å²) in [4.78, 5) is 4.64. The maximum Gasteiger partial charge on any atom is 0.132 e. The highest BCUT2D eigenvalue weighted by molar-refractivity contribution is 6.30. The Hall–Kier alpha value is -0.540. The molecule has 15 heavy (non-hydrogen) atoms. The van der Waals surface area contributed by atoms with Crippen molar-refractivity contribution >= 4 is 11.6 Å². The van der Waals surface area contributed by atoms with Crippen molar-refractivity contribution in [3.8, 4) is 0 Å². The Morgan fingerprint density at radius 3 is 3.07 bits per heavy atom. The first kappa shape index (κ1) is 11.0. The van der Waals surface area contributed by atoms with Crippen LogP contribution < -0.4 is 5.73 Å². The molecule has 2 N–H and O–H groups in total. The van der Waals surface area contributed by atoms with Gasteiger partial charge in [0, 0.05) is 12.5 Å². The molecule has 0 aliphatic carbocycles. The molecule has 0 fully saturated rings. The van der Waals surface area contributed by atoms with Crippen LogP contribution in [0.3, 0.4) is 0 Å². The minimum Gasteiger partial charge on any atom is -0.330 e. The molecule has 1 aromatic heterocycles. The summed E-state index contributed by atoms with van der Waals surface area (Å²) in [7, 11) is 0. The van der Waals surface area contributed by atoms with E-state index >= 15 is 0 Å². The zero-order chi connectivity index (χ0) is 10.8. The van der Waals surface area contributed by atoms with Gasteiger partial charge in [0.25, 0.3) is 0 Å². The summed E-state index contributed by atoms with van der Waals surface area (Å²) < 4.78 is 2.17. The molecule has 1 aliphatic rings. The highest BCUT2D eigenvalue weighted by atomic mass is 35.5. The largest absolute Gasteiger partial charge is 0.330 e. The summed E-state index contributed by atoms with van der Waals surface area (Å²) in [5, 5.41) is 0.842. The molecular weight excluding hydrogens is 210 g/mol. The first-order chi connectivity index (χ1) is 7.27. The van der Waals surface area contributed by atoms with Gasteiger partial charge in [-0.15, -0.1) is 0 Å². The molecule has 0 amide bonds. The van der Waals surface area contributed by atoms with Gasteiger partial charge >= 0.3 is 0 Å². The first-order valence-electron chi connectivity index (χ1n) is 5.72. The molecule has 4 heteroatoms. The summed E-state index contributed by atoms with van der Waals surface area (Å²) >= 11 is 6.28. The van der Waals surface area contributed by atoms with Crippen molar-refractivity contribution in [2.45, 2.75) is 45.1 Å². The smallest absolute Gasteiger partial charge is 0.132 e. The van der Waals surface area contributed by atoms with Crippen molar-refractivity contribution in [3.63, 3.8) is 0 Å². The van der Waals surface area contributed by atoms with Crippen LogP contribution in [0.5, 0.6) is 0 Å². The number of rotatable bonds is 3. The van der Waals surface area contributed by atoms with Crippen LogP contribution >= 0.6 is 11.6 Å². The van der Waals surface area contributed by atoms with Gasteiger partial charge in [-0.1, -0.05) is 18.5 Å². The highest BCUT2D eigenvalue weighted by Crippen LogP contribution is 2.33. The van der Waals surface area contributed by atoms with Crippen LogP contribution in [0.4, 0.5) is 0 Å². The topological polar surface area (TPSA) is 43.8 Å². The molecule has 0 spiro atoms. The molecule has 0 bridgehead atoms. The van der Waals surface area contributed by atoms with Crippen molar-refractivity contribution in [1.29, 1.82) is 0 Å². The quantitative estimate of drug-likeness (QED) is 0.862. The van der Waals surface area contributed by atoms with Crippen molar-refractivity contribution in [1.82, 2.24) is 9.55 Å². The Balaban J connectivity index is 2.34. The van der Waals surface area contributed by atoms with Gasteiger partial charge in [0.05, 0.1) is 5.69 Å². The predicted octanol–water partition coefficient (Wildman–Crippen LogP) is 2.33. The average molecular weight is 228 g/mol. The van der Waals surface area contributed by atoms with E-state index < -0.39 is 0 Å². The number of nitrogens with two attached hydrogens (primary N) is 1. The first-order valence-corrected chi connectivity index (χ1v) is 6.10. The normalized spacial score (nSPS) is 20.3. The van der Waals surface area contributed by atoms with Crippen LogP contribution in [-0.4, -0.2) is 16.1 Å². The van der Waals surface area contributed by atoms with E-state index in [1.165, 1.54) is 12.8 Å². The number of hydrogen-bond donors (Lipinski definition) is 1. The lowest BCUT2D eigenvalue weighted by Crippen LogP contribution is -2.18. The molecule has 0 aromatic carbocycles. The number of imidazole rings is 1. The Morgan fingerprint density at radius 2 is 2.40 bits per heavy atom. The van der Waals surface area contributed by atoms with Crippen molar-refractivity contribution < 1.29 is 0 Å². The summed E-state index contributed by atoms with van der Waals surface area (Å²) in [6.07, 6.45) is 4.33. The van der Waals surface area contributed by atoms with Crippen LogP contribution in [0.25, 0.3) is 0 Å². The van der Waals surface area contributed by atoms with E-state index in [0.29, 0.717) is 5.92 Å². The van der Waals surface area contributed by atoms with Crippen LogP contribution in [-0.2, 0) is 13.0 Å². The Labute approximate surface area is 95.6 Å². The molecule has 1 aliphatic heterocycles. The molecule has 1 atom stereocenters. The minimum absolute atomic E-state index is 0.515. The third-order valence-corrected chi connectivity index (χ3v) is 3.57. The van der Waals surface area contributed by atoms with Gasteiger partial charge in [-0.3, -0.25) is 0 Å². The monoisotopic (exact) mass is 227 g/mol. The van der Waals surface area contributed by atoms with Crippen LogP contribution in [0.2, 0.25) is 5.15 Å². The zero-order valence-electron chi connectivity index (χ0n) is 9.17. The molecule has 1 aromatic rings. The van der Waals surface area contributed by atoms with Crippen LogP contribution in [0.15, 0.2) is 0 Å². The number of halogens is 1. The number of aryl methyl sites for hydroxylation is 1. The van der Waals surface area contributed by atoms with Crippen LogP contribution in [0, 0.1) is 0 Å². The van der Waals surface area contributed by atoms with Gasteiger partial charge in [-0.2, -0.15) is 0 Å². The second-order valence-electron chi connectivity index (χ2n) is 4.13. The molecule has 1 unspecified atom stereocenters. The van der Waals surface area contributed by atoms with Crippen molar-refractivity contribution in [2.24, 2.45) is 5.73 Å². The maximum atomic E-state index is 6.28. The van der Waals surface area contributed by atoms with Crippen LogP contribution in [0.1, 0.15) is 43.6 Å². The molecule has 0 saturated carbocycles. The number of aromatic nitrogens is 2. The van der Waals surface area contributed by atoms with Gasteiger partial charge in [0.2, 0.25) is 0 Å². The third-order valence-electron chi connectivity index (χ3n) is 3.15. The molecule has 84 valence electrons. The lowest BCUT2D eigenvalue weighted by Gasteiger charge is -2.23. The Morgan fingerprint density at radius 1 is 1.60 bits per heavy atom. The summed E-state index contributed by atoms with van der Waals surface area (Å²) in [5.74, 6) is 1.68. The molecule has 0 saturated heterocycles. The Bertz CT molecular complexity index is 346. The molecular formula is C11H18ClN3. The molecule has 3 nitrogen and oxygen atoms in total. The standard InChI is InChI=1S/C11H18ClN3/c1-2-9-10(12)15-7-3-4-8(5-6-13)11(15)14-9/h8H,2-7,13H2,1H3. The number of fused-ring (bicyclic) bond motifs is 1. The van der Waals surface area contributed by atoms with E-state index in [1.807, 2.05) is 0 Å². The molecule has 2 heterocycles. The highest BCUT2D eigenvalue weighted by Gasteiger charge is 2.25. The zero-order valence-corrected chi connectivity index (χ0v) is 9.93. The van der Waals surface area contributed by atoms with Gasteiger partial charge < -0.3 is 10.3 Å². The lowest BCUT2D eigenvalue weighted by atomic mass is 9.96. The van der Waals surface area contributed by atoms with Gasteiger partial charge in [0.15, 0.2) is 0 Å². The Kier molecular flexibility index (Phi) is 3.32. The van der Waals surface area contributed by atoms with Crippen molar-refractivity contribution in [3.05, 3.63) is 16.7 Å². The fourth-order valence-corrected chi connectivity index (χ4v) is 2.70. The lowest BCUT2D eigenvalue weighted by molar-refractivity contribution is 0.428. The van der Waals surface area contributed by atoms with E-state index in [1.54, 1.807) is 0 Å². The summed E-state index contributed by atoms with van der Waals surface area (Å²) in [5.41, 5.74) is 6.66. The third kappa shape index (κ3) is 1.91. The summed E-state index contributed by atoms with van der Waals surface area (Å²) in [6, 6.07) is 0. The van der Waals surface area contributed by atoms with Gasteiger partial charge in [0.1, 0.15) is 11.0 Å². The minimum atomic E-state index is 0.515. The fourth-order valence-electron chi connectivity index (χ4n) is 2.35.